The number of hydrogen-bond donors (Lipinski definition) is 2. The van der Waals surface area contributed by atoms with E-state index in [0.717, 1.165) is 36.8 Å². The van der Waals surface area contributed by atoms with Gasteiger partial charge >= 0.3 is 0 Å². The monoisotopic (exact) mass is 284 g/mol. The average molecular weight is 284 g/mol. The lowest BCUT2D eigenvalue weighted by Gasteiger charge is -2.14. The van der Waals surface area contributed by atoms with Crippen molar-refractivity contribution in [3.63, 3.8) is 0 Å². The number of aromatic nitrogens is 2. The maximum Gasteiger partial charge on any atom is 0.133 e. The highest BCUT2D eigenvalue weighted by Gasteiger charge is 2.07. The van der Waals surface area contributed by atoms with Crippen LogP contribution < -0.4 is 10.6 Å². The first-order valence-electron chi connectivity index (χ1n) is 7.57. The molecule has 1 atom stereocenters. The fourth-order valence-electron chi connectivity index (χ4n) is 2.21. The van der Waals surface area contributed by atoms with E-state index in [1.165, 1.54) is 5.56 Å². The molecule has 2 aromatic rings. The maximum atomic E-state index is 4.57. The van der Waals surface area contributed by atoms with Crippen molar-refractivity contribution in [2.75, 3.05) is 24.2 Å². The van der Waals surface area contributed by atoms with Crippen LogP contribution in [-0.2, 0) is 6.42 Å². The molecule has 1 aromatic carbocycles. The molecule has 0 saturated carbocycles. The van der Waals surface area contributed by atoms with E-state index in [9.17, 15) is 0 Å². The van der Waals surface area contributed by atoms with E-state index in [-0.39, 0.29) is 0 Å². The molecule has 0 bridgehead atoms. The van der Waals surface area contributed by atoms with Crippen LogP contribution in [0.4, 0.5) is 11.6 Å². The van der Waals surface area contributed by atoms with Crippen LogP contribution in [0.15, 0.2) is 36.4 Å². The van der Waals surface area contributed by atoms with Gasteiger partial charge in [0.1, 0.15) is 17.5 Å². The zero-order chi connectivity index (χ0) is 15.1. The van der Waals surface area contributed by atoms with Gasteiger partial charge < -0.3 is 10.6 Å². The minimum absolute atomic E-state index is 0.439. The molecule has 0 aliphatic carbocycles. The van der Waals surface area contributed by atoms with Crippen molar-refractivity contribution in [3.8, 4) is 0 Å². The lowest BCUT2D eigenvalue weighted by molar-refractivity contribution is 0.792. The highest BCUT2D eigenvalue weighted by atomic mass is 15.1. The fraction of sp³-hybridized carbons (Fsp3) is 0.412. The molecule has 1 heterocycles. The first-order valence-corrected chi connectivity index (χ1v) is 7.57. The van der Waals surface area contributed by atoms with Gasteiger partial charge in [0.25, 0.3) is 0 Å². The summed E-state index contributed by atoms with van der Waals surface area (Å²) >= 11 is 0. The second-order valence-electron chi connectivity index (χ2n) is 5.25. The normalized spacial score (nSPS) is 12.0. The molecule has 2 N–H and O–H groups in total. The van der Waals surface area contributed by atoms with Crippen molar-refractivity contribution in [1.29, 1.82) is 0 Å². The molecule has 1 aromatic heterocycles. The van der Waals surface area contributed by atoms with Crippen LogP contribution in [0, 0.1) is 0 Å². The third kappa shape index (κ3) is 4.45. The van der Waals surface area contributed by atoms with Crippen molar-refractivity contribution in [1.82, 2.24) is 9.97 Å². The predicted octanol–water partition coefficient (Wildman–Crippen LogP) is 3.69. The molecule has 0 amide bonds. The molecule has 0 aliphatic rings. The molecule has 0 fully saturated rings. The number of benzene rings is 1. The van der Waals surface area contributed by atoms with Gasteiger partial charge in [0.05, 0.1) is 0 Å². The van der Waals surface area contributed by atoms with Crippen LogP contribution in [0.5, 0.6) is 0 Å². The molecule has 0 spiro atoms. The van der Waals surface area contributed by atoms with E-state index in [2.05, 4.69) is 58.7 Å². The minimum Gasteiger partial charge on any atom is -0.373 e. The van der Waals surface area contributed by atoms with Gasteiger partial charge in [-0.2, -0.15) is 0 Å². The SMILES string of the molecule is CCCc1nc(NC)cc(NCC(C)c2ccccc2)n1. The predicted molar refractivity (Wildman–Crippen MR) is 88.9 cm³/mol. The number of rotatable bonds is 7. The smallest absolute Gasteiger partial charge is 0.133 e. The molecule has 21 heavy (non-hydrogen) atoms. The molecule has 0 radical (unpaired) electrons. The summed E-state index contributed by atoms with van der Waals surface area (Å²) in [4.78, 5) is 9.04. The minimum atomic E-state index is 0.439. The van der Waals surface area contributed by atoms with Gasteiger partial charge in [-0.1, -0.05) is 44.2 Å². The summed E-state index contributed by atoms with van der Waals surface area (Å²) in [5.41, 5.74) is 1.33. The summed E-state index contributed by atoms with van der Waals surface area (Å²) < 4.78 is 0. The molecule has 0 saturated heterocycles. The number of aryl methyl sites for hydroxylation is 1. The third-order valence-corrected chi connectivity index (χ3v) is 3.46. The van der Waals surface area contributed by atoms with Gasteiger partial charge in [-0.25, -0.2) is 9.97 Å². The first-order chi connectivity index (χ1) is 10.2. The lowest BCUT2D eigenvalue weighted by atomic mass is 10.0. The molecular weight excluding hydrogens is 260 g/mol. The largest absolute Gasteiger partial charge is 0.373 e. The third-order valence-electron chi connectivity index (χ3n) is 3.46. The van der Waals surface area contributed by atoms with Gasteiger partial charge in [-0.05, 0) is 17.9 Å². The fourth-order valence-corrected chi connectivity index (χ4v) is 2.21. The topological polar surface area (TPSA) is 49.8 Å². The summed E-state index contributed by atoms with van der Waals surface area (Å²) in [5.74, 6) is 3.08. The van der Waals surface area contributed by atoms with Gasteiger partial charge in [0.2, 0.25) is 0 Å². The van der Waals surface area contributed by atoms with Crippen LogP contribution in [0.3, 0.4) is 0 Å². The standard InChI is InChI=1S/C17H24N4/c1-4-8-15-20-16(18-3)11-17(21-15)19-12-13(2)14-9-6-5-7-10-14/h5-7,9-11,13H,4,8,12H2,1-3H3,(H2,18,19,20,21). The van der Waals surface area contributed by atoms with E-state index < -0.39 is 0 Å². The van der Waals surface area contributed by atoms with E-state index in [1.54, 1.807) is 0 Å². The van der Waals surface area contributed by atoms with Crippen molar-refractivity contribution in [2.45, 2.75) is 32.6 Å². The van der Waals surface area contributed by atoms with Gasteiger partial charge in [0, 0.05) is 26.1 Å². The summed E-state index contributed by atoms with van der Waals surface area (Å²) in [5, 5.41) is 6.52. The summed E-state index contributed by atoms with van der Waals surface area (Å²) in [6, 6.07) is 12.5. The molecule has 2 rings (SSSR count). The molecule has 1 unspecified atom stereocenters. The van der Waals surface area contributed by atoms with Crippen molar-refractivity contribution >= 4 is 11.6 Å². The quantitative estimate of drug-likeness (QED) is 0.814. The van der Waals surface area contributed by atoms with Crippen LogP contribution in [0.2, 0.25) is 0 Å². The highest BCUT2D eigenvalue weighted by molar-refractivity contribution is 5.47. The van der Waals surface area contributed by atoms with Crippen LogP contribution in [0.25, 0.3) is 0 Å². The zero-order valence-electron chi connectivity index (χ0n) is 13.1. The van der Waals surface area contributed by atoms with Crippen molar-refractivity contribution in [2.24, 2.45) is 0 Å². The number of nitrogens with zero attached hydrogens (tertiary/aromatic N) is 2. The average Bonchev–Trinajstić information content (AvgIpc) is 2.53. The Morgan fingerprint density at radius 3 is 2.48 bits per heavy atom. The van der Waals surface area contributed by atoms with Crippen LogP contribution in [0.1, 0.15) is 37.6 Å². The lowest BCUT2D eigenvalue weighted by Crippen LogP contribution is -2.12. The van der Waals surface area contributed by atoms with Crippen molar-refractivity contribution < 1.29 is 0 Å². The summed E-state index contributed by atoms with van der Waals surface area (Å²) in [6.07, 6.45) is 1.95. The number of nitrogens with one attached hydrogen (secondary N) is 2. The van der Waals surface area contributed by atoms with E-state index >= 15 is 0 Å². The maximum absolute atomic E-state index is 4.57. The molecule has 0 aliphatic heterocycles. The van der Waals surface area contributed by atoms with Gasteiger partial charge in [-0.3, -0.25) is 0 Å². The molecule has 4 nitrogen and oxygen atoms in total. The molecule has 112 valence electrons. The van der Waals surface area contributed by atoms with Crippen molar-refractivity contribution in [3.05, 3.63) is 47.8 Å². The zero-order valence-corrected chi connectivity index (χ0v) is 13.1. The first kappa shape index (κ1) is 15.3. The number of anilines is 2. The second-order valence-corrected chi connectivity index (χ2v) is 5.25. The Labute approximate surface area is 127 Å². The Kier molecular flexibility index (Phi) is 5.55. The summed E-state index contributed by atoms with van der Waals surface area (Å²) in [7, 11) is 1.88. The Morgan fingerprint density at radius 2 is 1.81 bits per heavy atom. The Bertz CT molecular complexity index is 554. The van der Waals surface area contributed by atoms with Gasteiger partial charge in [-0.15, -0.1) is 0 Å². The second kappa shape index (κ2) is 7.62. The highest BCUT2D eigenvalue weighted by Crippen LogP contribution is 2.17. The Morgan fingerprint density at radius 1 is 1.10 bits per heavy atom. The van der Waals surface area contributed by atoms with Crippen LogP contribution >= 0.6 is 0 Å². The molecule has 4 heteroatoms. The van der Waals surface area contributed by atoms with Gasteiger partial charge in [0.15, 0.2) is 0 Å². The van der Waals surface area contributed by atoms with Crippen LogP contribution in [-0.4, -0.2) is 23.6 Å². The summed E-state index contributed by atoms with van der Waals surface area (Å²) in [6.45, 7) is 5.21. The Balaban J connectivity index is 2.03. The number of hydrogen-bond acceptors (Lipinski definition) is 4. The van der Waals surface area contributed by atoms with E-state index in [4.69, 9.17) is 0 Å². The molecular formula is C17H24N4. The Hall–Kier alpha value is -2.10. The van der Waals surface area contributed by atoms with E-state index in [1.807, 2.05) is 19.2 Å². The van der Waals surface area contributed by atoms with E-state index in [0.29, 0.717) is 5.92 Å².